The zero-order chi connectivity index (χ0) is 17.4. The number of rotatable bonds is 10. The first-order chi connectivity index (χ1) is 11.0. The van der Waals surface area contributed by atoms with Crippen LogP contribution in [0.25, 0.3) is 0 Å². The van der Waals surface area contributed by atoms with E-state index in [4.69, 9.17) is 13.7 Å². The SMILES string of the molecule is [2H]OCP(CO[2H])C(c1cc(OC)c(O)c(OC)c1)C([2H])C=O. The van der Waals surface area contributed by atoms with Gasteiger partial charge in [0.1, 0.15) is 6.29 Å². The topological polar surface area (TPSA) is 96.2 Å². The predicted molar refractivity (Wildman–Crippen MR) is 75.7 cm³/mol. The highest BCUT2D eigenvalue weighted by atomic mass is 31.1. The largest absolute Gasteiger partial charge is 0.502 e. The molecule has 0 heterocycles. The van der Waals surface area contributed by atoms with Crippen molar-refractivity contribution in [2.75, 3.05) is 26.9 Å². The molecule has 0 aliphatic carbocycles. The summed E-state index contributed by atoms with van der Waals surface area (Å²) in [5.74, 6) is 0.0786. The highest BCUT2D eigenvalue weighted by Crippen LogP contribution is 2.53. The molecule has 3 N–H and O–H groups in total. The van der Waals surface area contributed by atoms with Crippen molar-refractivity contribution in [2.45, 2.75) is 12.1 Å². The highest BCUT2D eigenvalue weighted by molar-refractivity contribution is 7.57. The molecule has 0 aliphatic heterocycles. The van der Waals surface area contributed by atoms with Gasteiger partial charge in [-0.05, 0) is 25.6 Å². The molecule has 20 heavy (non-hydrogen) atoms. The third-order valence-electron chi connectivity index (χ3n) is 2.83. The normalized spacial score (nSPS) is 15.8. The first-order valence-electron chi connectivity index (χ1n) is 7.16. The van der Waals surface area contributed by atoms with E-state index in [-0.39, 0.29) is 29.9 Å². The number of aliphatic hydroxyl groups excluding tert-OH is 2. The standard InChI is InChI=1S/C13H19O6P/c1-18-10-5-9(6-11(19-2)13(10)17)12(3-4-14)20(7-15)8-16/h4-6,12,15-17H,3,7-8H2,1-2H3/i3D,15D,16D. The lowest BCUT2D eigenvalue weighted by molar-refractivity contribution is -0.107. The number of phenolic OH excluding ortho intramolecular Hbond substituents is 1. The summed E-state index contributed by atoms with van der Waals surface area (Å²) in [7, 11) is 1.42. The van der Waals surface area contributed by atoms with Crippen molar-refractivity contribution in [1.82, 2.24) is 0 Å². The minimum atomic E-state index is -1.32. The van der Waals surface area contributed by atoms with Crippen LogP contribution in [0.15, 0.2) is 12.1 Å². The second kappa shape index (κ2) is 8.04. The molecule has 0 spiro atoms. The van der Waals surface area contributed by atoms with E-state index in [1.807, 2.05) is 0 Å². The summed E-state index contributed by atoms with van der Waals surface area (Å²) in [6.07, 6.45) is -0.800. The lowest BCUT2D eigenvalue weighted by atomic mass is 10.1. The number of aliphatic hydroxyl groups is 2. The van der Waals surface area contributed by atoms with Crippen molar-refractivity contribution in [2.24, 2.45) is 0 Å². The van der Waals surface area contributed by atoms with Crippen LogP contribution in [0.5, 0.6) is 17.2 Å². The van der Waals surface area contributed by atoms with E-state index in [1.165, 1.54) is 26.4 Å². The molecule has 1 aromatic rings. The van der Waals surface area contributed by atoms with Crippen molar-refractivity contribution in [1.29, 1.82) is 2.86 Å². The first-order valence-corrected chi connectivity index (χ1v) is 7.54. The molecule has 7 heteroatoms. The summed E-state index contributed by atoms with van der Waals surface area (Å²) in [6, 6.07) is 2.99. The Morgan fingerprint density at radius 2 is 1.90 bits per heavy atom. The monoisotopic (exact) mass is 305 g/mol. The Hall–Kier alpha value is -1.36. The zero-order valence-electron chi connectivity index (χ0n) is 14.2. The summed E-state index contributed by atoms with van der Waals surface area (Å²) in [5.41, 5.74) is -0.162. The molecule has 6 nitrogen and oxygen atoms in total. The van der Waals surface area contributed by atoms with Gasteiger partial charge < -0.3 is 29.6 Å². The van der Waals surface area contributed by atoms with Crippen molar-refractivity contribution in [3.63, 3.8) is 0 Å². The Bertz CT molecular complexity index is 487. The fourth-order valence-electron chi connectivity index (χ4n) is 1.80. The Kier molecular flexibility index (Phi) is 4.98. The van der Waals surface area contributed by atoms with Crippen molar-refractivity contribution in [3.05, 3.63) is 17.7 Å². The molecule has 0 bridgehead atoms. The number of phenols is 1. The fourth-order valence-corrected chi connectivity index (χ4v) is 3.08. The minimum Gasteiger partial charge on any atom is -0.502 e. The summed E-state index contributed by atoms with van der Waals surface area (Å²) in [4.78, 5) is 11.1. The lowest BCUT2D eigenvalue weighted by Gasteiger charge is -2.24. The Morgan fingerprint density at radius 1 is 1.35 bits per heavy atom. The van der Waals surface area contributed by atoms with Crippen molar-refractivity contribution >= 4 is 14.2 Å². The molecule has 0 aliphatic rings. The second-order valence-electron chi connectivity index (χ2n) is 3.89. The average molecular weight is 305 g/mol. The maximum absolute atomic E-state index is 11.1. The van der Waals surface area contributed by atoms with Crippen LogP contribution in [0.1, 0.15) is 19.0 Å². The number of carbonyl (C=O) groups is 1. The number of carbonyl (C=O) groups excluding carboxylic acids is 1. The molecule has 0 saturated carbocycles. The van der Waals surface area contributed by atoms with Gasteiger partial charge in [-0.1, -0.05) is 0 Å². The van der Waals surface area contributed by atoms with Crippen LogP contribution >= 0.6 is 7.92 Å². The zero-order valence-corrected chi connectivity index (χ0v) is 12.1. The summed E-state index contributed by atoms with van der Waals surface area (Å²) in [6.45, 7) is 0. The summed E-state index contributed by atoms with van der Waals surface area (Å²) in [5, 5.41) is 18.8. The number of aromatic hydroxyl groups is 1. The lowest BCUT2D eigenvalue weighted by Crippen LogP contribution is -2.04. The van der Waals surface area contributed by atoms with E-state index in [2.05, 4.69) is 10.2 Å². The summed E-state index contributed by atoms with van der Waals surface area (Å²) >= 11 is 0. The van der Waals surface area contributed by atoms with Crippen molar-refractivity contribution < 1.29 is 31.0 Å². The van der Waals surface area contributed by atoms with Gasteiger partial charge in [0.25, 0.3) is 0 Å². The Morgan fingerprint density at radius 3 is 2.30 bits per heavy atom. The molecule has 1 rings (SSSR count). The van der Waals surface area contributed by atoms with Crippen LogP contribution in [-0.4, -0.2) is 51.4 Å². The second-order valence-corrected chi connectivity index (χ2v) is 6.14. The number of ether oxygens (including phenoxy) is 2. The van der Waals surface area contributed by atoms with Gasteiger partial charge in [-0.2, -0.15) is 0 Å². The number of hydrogen-bond acceptors (Lipinski definition) is 6. The molecule has 1 aromatic carbocycles. The third kappa shape index (κ3) is 3.60. The van der Waals surface area contributed by atoms with Crippen LogP contribution in [0.2, 0.25) is 0 Å². The van der Waals surface area contributed by atoms with Gasteiger partial charge in [-0.3, -0.25) is 0 Å². The van der Waals surface area contributed by atoms with E-state index >= 15 is 0 Å². The van der Waals surface area contributed by atoms with Gasteiger partial charge >= 0.3 is 0 Å². The van der Waals surface area contributed by atoms with Gasteiger partial charge in [0.2, 0.25) is 8.61 Å². The molecule has 0 saturated heterocycles. The van der Waals surface area contributed by atoms with Crippen LogP contribution in [0, 0.1) is 0 Å². The molecule has 0 aromatic heterocycles. The third-order valence-corrected chi connectivity index (χ3v) is 4.75. The fraction of sp³-hybridized carbons (Fsp3) is 0.462. The molecule has 0 fully saturated rings. The Balaban J connectivity index is 3.38. The van der Waals surface area contributed by atoms with E-state index < -0.39 is 20.0 Å². The molecule has 0 amide bonds. The maximum Gasteiger partial charge on any atom is 0.211 e. The molecule has 0 radical (unpaired) electrons. The van der Waals surface area contributed by atoms with E-state index in [0.29, 0.717) is 11.8 Å². The van der Waals surface area contributed by atoms with Gasteiger partial charge in [0.05, 0.1) is 26.9 Å². The number of aldehydes is 1. The maximum atomic E-state index is 11.1. The smallest absolute Gasteiger partial charge is 0.211 e. The van der Waals surface area contributed by atoms with Gasteiger partial charge in [0, 0.05) is 13.4 Å². The van der Waals surface area contributed by atoms with Crippen LogP contribution in [0.4, 0.5) is 0 Å². The molecule has 112 valence electrons. The van der Waals surface area contributed by atoms with Gasteiger partial charge in [0.15, 0.2) is 11.5 Å². The first kappa shape index (κ1) is 12.4. The number of benzene rings is 1. The van der Waals surface area contributed by atoms with Crippen molar-refractivity contribution in [3.8, 4) is 17.2 Å². The molecule has 2 atom stereocenters. The molecule has 2 unspecified atom stereocenters. The minimum absolute atomic E-state index is 0.0619. The summed E-state index contributed by atoms with van der Waals surface area (Å²) < 4.78 is 32.0. The average Bonchev–Trinajstić information content (AvgIpc) is 2.56. The van der Waals surface area contributed by atoms with E-state index in [1.54, 1.807) is 0 Å². The van der Waals surface area contributed by atoms with Crippen LogP contribution < -0.4 is 9.47 Å². The van der Waals surface area contributed by atoms with Crippen LogP contribution in [-0.2, 0) is 4.79 Å². The van der Waals surface area contributed by atoms with E-state index in [0.717, 1.165) is 0 Å². The predicted octanol–water partition coefficient (Wildman–Crippen LogP) is 1.42. The van der Waals surface area contributed by atoms with Crippen LogP contribution in [0.3, 0.4) is 0 Å². The Labute approximate surface area is 123 Å². The van der Waals surface area contributed by atoms with E-state index in [9.17, 15) is 9.90 Å². The number of hydrogen-bond donors (Lipinski definition) is 3. The molecular weight excluding hydrogens is 283 g/mol. The molecular formula is C13H19O6P. The quantitative estimate of drug-likeness (QED) is 0.447. The number of methoxy groups -OCH3 is 2. The van der Waals surface area contributed by atoms with Gasteiger partial charge in [-0.25, -0.2) is 0 Å². The van der Waals surface area contributed by atoms with Gasteiger partial charge in [-0.15, -0.1) is 0 Å². The highest BCUT2D eigenvalue weighted by Gasteiger charge is 2.24.